The third kappa shape index (κ3) is 3.32. The van der Waals surface area contributed by atoms with E-state index >= 15 is 0 Å². The molecular formula is C16H22N6O2. The van der Waals surface area contributed by atoms with E-state index in [1.165, 1.54) is 6.07 Å². The Morgan fingerprint density at radius 3 is 2.92 bits per heavy atom. The van der Waals surface area contributed by atoms with Crippen molar-refractivity contribution in [3.63, 3.8) is 0 Å². The maximum Gasteiger partial charge on any atom is 0.252 e. The predicted molar refractivity (Wildman–Crippen MR) is 90.0 cm³/mol. The maximum absolute atomic E-state index is 12.5. The highest BCUT2D eigenvalue weighted by Crippen LogP contribution is 2.26. The number of aromatic amines is 1. The van der Waals surface area contributed by atoms with Gasteiger partial charge >= 0.3 is 0 Å². The van der Waals surface area contributed by atoms with E-state index in [9.17, 15) is 9.59 Å². The van der Waals surface area contributed by atoms with Crippen LogP contribution in [-0.4, -0.2) is 57.7 Å². The van der Waals surface area contributed by atoms with Gasteiger partial charge in [0, 0.05) is 58.1 Å². The first-order valence-corrected chi connectivity index (χ1v) is 7.97. The Bertz CT molecular complexity index is 794. The van der Waals surface area contributed by atoms with Crippen molar-refractivity contribution >= 4 is 11.9 Å². The van der Waals surface area contributed by atoms with E-state index < -0.39 is 0 Å². The monoisotopic (exact) mass is 330 g/mol. The van der Waals surface area contributed by atoms with Gasteiger partial charge in [-0.25, -0.2) is 4.98 Å². The Labute approximate surface area is 140 Å². The van der Waals surface area contributed by atoms with Crippen molar-refractivity contribution in [1.29, 1.82) is 0 Å². The van der Waals surface area contributed by atoms with Crippen LogP contribution in [0.1, 0.15) is 23.7 Å². The summed E-state index contributed by atoms with van der Waals surface area (Å²) in [7, 11) is 5.50. The van der Waals surface area contributed by atoms with Gasteiger partial charge in [0.1, 0.15) is 0 Å². The summed E-state index contributed by atoms with van der Waals surface area (Å²) in [4.78, 5) is 35.1. The molecule has 1 saturated heterocycles. The van der Waals surface area contributed by atoms with E-state index in [-0.39, 0.29) is 17.4 Å². The minimum atomic E-state index is -0.164. The molecule has 0 spiro atoms. The van der Waals surface area contributed by atoms with Crippen LogP contribution in [0.3, 0.4) is 0 Å². The Morgan fingerprint density at radius 2 is 2.25 bits per heavy atom. The van der Waals surface area contributed by atoms with Gasteiger partial charge in [-0.3, -0.25) is 19.3 Å². The molecule has 8 nitrogen and oxygen atoms in total. The molecule has 3 heterocycles. The van der Waals surface area contributed by atoms with Gasteiger partial charge in [0.25, 0.3) is 5.56 Å². The maximum atomic E-state index is 12.5. The van der Waals surface area contributed by atoms with Gasteiger partial charge in [-0.15, -0.1) is 0 Å². The number of nitrogens with zero attached hydrogens (tertiary/aromatic N) is 5. The molecule has 1 amide bonds. The summed E-state index contributed by atoms with van der Waals surface area (Å²) in [6.45, 7) is 1.28. The van der Waals surface area contributed by atoms with E-state index in [2.05, 4.69) is 15.1 Å². The summed E-state index contributed by atoms with van der Waals surface area (Å²) in [6.07, 6.45) is 2.85. The van der Waals surface area contributed by atoms with Crippen molar-refractivity contribution in [2.24, 2.45) is 7.05 Å². The first-order chi connectivity index (χ1) is 11.4. The molecule has 0 aromatic carbocycles. The lowest BCUT2D eigenvalue weighted by molar-refractivity contribution is -0.129. The zero-order chi connectivity index (χ0) is 17.3. The predicted octanol–water partition coefficient (Wildman–Crippen LogP) is 0.128. The first-order valence-electron chi connectivity index (χ1n) is 7.97. The van der Waals surface area contributed by atoms with Gasteiger partial charge in [0.15, 0.2) is 0 Å². The molecule has 0 aliphatic carbocycles. The average molecular weight is 330 g/mol. The van der Waals surface area contributed by atoms with E-state index in [4.69, 9.17) is 0 Å². The fourth-order valence-electron chi connectivity index (χ4n) is 2.95. The van der Waals surface area contributed by atoms with Crippen LogP contribution in [0.5, 0.6) is 0 Å². The zero-order valence-corrected chi connectivity index (χ0v) is 14.2. The van der Waals surface area contributed by atoms with Crippen LogP contribution in [0.4, 0.5) is 5.95 Å². The summed E-state index contributed by atoms with van der Waals surface area (Å²) in [5.41, 5.74) is 1.48. The van der Waals surface area contributed by atoms with E-state index in [1.807, 2.05) is 32.1 Å². The Morgan fingerprint density at radius 1 is 1.46 bits per heavy atom. The number of anilines is 1. The smallest absolute Gasteiger partial charge is 0.252 e. The molecule has 2 aromatic rings. The molecule has 0 saturated carbocycles. The number of hydrogen-bond donors (Lipinski definition) is 1. The molecule has 128 valence electrons. The first kappa shape index (κ1) is 16.2. The highest BCUT2D eigenvalue weighted by Gasteiger charge is 2.29. The lowest BCUT2D eigenvalue weighted by atomic mass is 10.1. The fraction of sp³-hybridized carbons (Fsp3) is 0.500. The van der Waals surface area contributed by atoms with Crippen molar-refractivity contribution < 1.29 is 4.79 Å². The largest absolute Gasteiger partial charge is 0.348 e. The van der Waals surface area contributed by atoms with Gasteiger partial charge < -0.3 is 9.80 Å². The minimum Gasteiger partial charge on any atom is -0.348 e. The summed E-state index contributed by atoms with van der Waals surface area (Å²) in [5.74, 6) is 0.720. The minimum absolute atomic E-state index is 0.0822. The molecule has 2 aromatic heterocycles. The fourth-order valence-corrected chi connectivity index (χ4v) is 2.95. The molecule has 1 aliphatic heterocycles. The Kier molecular flexibility index (Phi) is 4.37. The third-order valence-electron chi connectivity index (χ3n) is 4.39. The number of likely N-dealkylation sites (tertiary alicyclic amines) is 1. The van der Waals surface area contributed by atoms with Crippen molar-refractivity contribution in [3.8, 4) is 0 Å². The molecule has 1 unspecified atom stereocenters. The number of nitrogens with one attached hydrogen (secondary N) is 1. The van der Waals surface area contributed by atoms with Crippen LogP contribution in [0, 0.1) is 0 Å². The van der Waals surface area contributed by atoms with Crippen LogP contribution in [0.25, 0.3) is 0 Å². The van der Waals surface area contributed by atoms with Crippen molar-refractivity contribution in [2.75, 3.05) is 32.1 Å². The number of aromatic nitrogens is 4. The lowest BCUT2D eigenvalue weighted by Crippen LogP contribution is -2.30. The Hall–Kier alpha value is -2.64. The summed E-state index contributed by atoms with van der Waals surface area (Å²) in [5, 5.41) is 4.09. The molecule has 1 fully saturated rings. The second-order valence-electron chi connectivity index (χ2n) is 6.34. The molecule has 0 bridgehead atoms. The number of rotatable bonds is 4. The average Bonchev–Trinajstić information content (AvgIpc) is 3.16. The summed E-state index contributed by atoms with van der Waals surface area (Å²) < 4.78 is 1.72. The molecule has 1 atom stereocenters. The molecule has 0 radical (unpaired) electrons. The van der Waals surface area contributed by atoms with Crippen molar-refractivity contribution in [2.45, 2.75) is 18.8 Å². The number of aryl methyl sites for hydroxylation is 1. The third-order valence-corrected chi connectivity index (χ3v) is 4.39. The van der Waals surface area contributed by atoms with E-state index in [0.29, 0.717) is 25.5 Å². The molecule has 24 heavy (non-hydrogen) atoms. The SMILES string of the molecule is CN(C)c1nc(C2CCN(C(=O)Cc3ccnn3C)C2)cc(=O)[nH]1. The van der Waals surface area contributed by atoms with E-state index in [0.717, 1.165) is 17.8 Å². The number of carbonyl (C=O) groups excluding carboxylic acids is 1. The van der Waals surface area contributed by atoms with E-state index in [1.54, 1.807) is 15.8 Å². The second kappa shape index (κ2) is 6.46. The number of carbonyl (C=O) groups is 1. The topological polar surface area (TPSA) is 87.1 Å². The van der Waals surface area contributed by atoms with Gasteiger partial charge in [0.05, 0.1) is 12.1 Å². The summed E-state index contributed by atoms with van der Waals surface area (Å²) in [6, 6.07) is 3.39. The highest BCUT2D eigenvalue weighted by atomic mass is 16.2. The number of H-pyrrole nitrogens is 1. The standard InChI is InChI=1S/C16H22N6O2/c1-20(2)16-18-13(9-14(23)19-16)11-5-7-22(10-11)15(24)8-12-4-6-17-21(12)3/h4,6,9,11H,5,7-8,10H2,1-3H3,(H,18,19,23). The van der Waals surface area contributed by atoms with Crippen molar-refractivity contribution in [1.82, 2.24) is 24.6 Å². The van der Waals surface area contributed by atoms with Gasteiger partial charge in [-0.2, -0.15) is 5.10 Å². The molecule has 1 N–H and O–H groups in total. The summed E-state index contributed by atoms with van der Waals surface area (Å²) >= 11 is 0. The normalized spacial score (nSPS) is 17.3. The lowest BCUT2D eigenvalue weighted by Gasteiger charge is -2.17. The number of amides is 1. The molecule has 1 aliphatic rings. The van der Waals surface area contributed by atoms with Crippen LogP contribution < -0.4 is 10.5 Å². The quantitative estimate of drug-likeness (QED) is 0.861. The van der Waals surface area contributed by atoms with Gasteiger partial charge in [-0.05, 0) is 12.5 Å². The molecule has 3 rings (SSSR count). The zero-order valence-electron chi connectivity index (χ0n) is 14.2. The molecule has 8 heteroatoms. The van der Waals surface area contributed by atoms with Crippen LogP contribution in [0.15, 0.2) is 23.1 Å². The second-order valence-corrected chi connectivity index (χ2v) is 6.34. The van der Waals surface area contributed by atoms with Crippen LogP contribution in [-0.2, 0) is 18.3 Å². The molecular weight excluding hydrogens is 308 g/mol. The van der Waals surface area contributed by atoms with Gasteiger partial charge in [-0.1, -0.05) is 0 Å². The number of hydrogen-bond acceptors (Lipinski definition) is 5. The van der Waals surface area contributed by atoms with Crippen molar-refractivity contribution in [3.05, 3.63) is 40.1 Å². The van der Waals surface area contributed by atoms with Crippen LogP contribution in [0.2, 0.25) is 0 Å². The Balaban J connectivity index is 1.70. The van der Waals surface area contributed by atoms with Gasteiger partial charge in [0.2, 0.25) is 11.9 Å². The highest BCUT2D eigenvalue weighted by molar-refractivity contribution is 5.78. The van der Waals surface area contributed by atoms with Crippen LogP contribution >= 0.6 is 0 Å².